The van der Waals surface area contributed by atoms with Crippen molar-refractivity contribution in [3.8, 4) is 5.75 Å². The lowest BCUT2D eigenvalue weighted by molar-refractivity contribution is 0.195. The SMILES string of the molecule is COc1ccc([C@H](C)NC2CCCCC2C(C)C)cc1. The van der Waals surface area contributed by atoms with Crippen LogP contribution in [0.25, 0.3) is 0 Å². The third-order valence-electron chi connectivity index (χ3n) is 4.76. The van der Waals surface area contributed by atoms with Gasteiger partial charge in [0.15, 0.2) is 0 Å². The second-order valence-electron chi connectivity index (χ2n) is 6.46. The number of ether oxygens (including phenoxy) is 1. The van der Waals surface area contributed by atoms with Crippen molar-refractivity contribution < 1.29 is 4.74 Å². The number of hydrogen-bond donors (Lipinski definition) is 1. The average Bonchev–Trinajstić information content (AvgIpc) is 2.47. The van der Waals surface area contributed by atoms with Gasteiger partial charge in [-0.25, -0.2) is 0 Å². The molecule has 0 spiro atoms. The van der Waals surface area contributed by atoms with E-state index < -0.39 is 0 Å². The minimum absolute atomic E-state index is 0.408. The van der Waals surface area contributed by atoms with E-state index >= 15 is 0 Å². The van der Waals surface area contributed by atoms with Crippen LogP contribution < -0.4 is 10.1 Å². The molecule has 1 fully saturated rings. The molecule has 1 aromatic carbocycles. The Kier molecular flexibility index (Phi) is 5.47. The molecular weight excluding hydrogens is 246 g/mol. The van der Waals surface area contributed by atoms with Gasteiger partial charge in [0.1, 0.15) is 5.75 Å². The Bertz CT molecular complexity index is 398. The Hall–Kier alpha value is -1.02. The van der Waals surface area contributed by atoms with Gasteiger partial charge >= 0.3 is 0 Å². The second kappa shape index (κ2) is 7.12. The van der Waals surface area contributed by atoms with E-state index in [9.17, 15) is 0 Å². The lowest BCUT2D eigenvalue weighted by Crippen LogP contribution is -2.42. The smallest absolute Gasteiger partial charge is 0.118 e. The van der Waals surface area contributed by atoms with Crippen LogP contribution in [0.4, 0.5) is 0 Å². The molecule has 0 radical (unpaired) electrons. The van der Waals surface area contributed by atoms with Crippen LogP contribution in [-0.4, -0.2) is 13.2 Å². The van der Waals surface area contributed by atoms with Crippen LogP contribution in [0.2, 0.25) is 0 Å². The van der Waals surface area contributed by atoms with E-state index in [1.54, 1.807) is 7.11 Å². The van der Waals surface area contributed by atoms with E-state index in [0.717, 1.165) is 17.6 Å². The van der Waals surface area contributed by atoms with Gasteiger partial charge in [0, 0.05) is 12.1 Å². The second-order valence-corrected chi connectivity index (χ2v) is 6.46. The standard InChI is InChI=1S/C18H29NO/c1-13(2)17-7-5-6-8-18(17)19-14(3)15-9-11-16(20-4)12-10-15/h9-14,17-19H,5-8H2,1-4H3/t14-,17?,18?/m0/s1. The van der Waals surface area contributed by atoms with Gasteiger partial charge in [-0.05, 0) is 49.3 Å². The van der Waals surface area contributed by atoms with Crippen molar-refractivity contribution >= 4 is 0 Å². The van der Waals surface area contributed by atoms with Crippen LogP contribution in [0.5, 0.6) is 5.75 Å². The van der Waals surface area contributed by atoms with Gasteiger partial charge in [-0.1, -0.05) is 38.8 Å². The fourth-order valence-electron chi connectivity index (χ4n) is 3.47. The molecule has 1 aliphatic rings. The molecule has 1 N–H and O–H groups in total. The first-order valence-electron chi connectivity index (χ1n) is 8.01. The van der Waals surface area contributed by atoms with Crippen molar-refractivity contribution in [1.82, 2.24) is 5.32 Å². The lowest BCUT2D eigenvalue weighted by atomic mass is 9.77. The maximum atomic E-state index is 5.23. The molecule has 20 heavy (non-hydrogen) atoms. The highest BCUT2D eigenvalue weighted by Crippen LogP contribution is 2.31. The summed E-state index contributed by atoms with van der Waals surface area (Å²) in [5.74, 6) is 2.53. The molecule has 1 saturated carbocycles. The highest BCUT2D eigenvalue weighted by Gasteiger charge is 2.28. The Labute approximate surface area is 123 Å². The van der Waals surface area contributed by atoms with Crippen LogP contribution in [0.3, 0.4) is 0 Å². The monoisotopic (exact) mass is 275 g/mol. The third kappa shape index (κ3) is 3.76. The average molecular weight is 275 g/mol. The quantitative estimate of drug-likeness (QED) is 0.850. The van der Waals surface area contributed by atoms with Gasteiger partial charge in [0.05, 0.1) is 7.11 Å². The van der Waals surface area contributed by atoms with Crippen molar-refractivity contribution in [3.05, 3.63) is 29.8 Å². The van der Waals surface area contributed by atoms with E-state index in [4.69, 9.17) is 4.74 Å². The Morgan fingerprint density at radius 3 is 2.30 bits per heavy atom. The first kappa shape index (κ1) is 15.4. The van der Waals surface area contributed by atoms with Gasteiger partial charge in [-0.15, -0.1) is 0 Å². The molecule has 2 heteroatoms. The Balaban J connectivity index is 1.99. The summed E-state index contributed by atoms with van der Waals surface area (Å²) in [4.78, 5) is 0. The first-order chi connectivity index (χ1) is 9.61. The van der Waals surface area contributed by atoms with E-state index in [0.29, 0.717) is 12.1 Å². The maximum Gasteiger partial charge on any atom is 0.118 e. The fourth-order valence-corrected chi connectivity index (χ4v) is 3.47. The van der Waals surface area contributed by atoms with E-state index in [1.165, 1.54) is 31.2 Å². The molecule has 0 aliphatic heterocycles. The summed E-state index contributed by atoms with van der Waals surface area (Å²) in [6, 6.07) is 9.52. The molecule has 0 aromatic heterocycles. The minimum Gasteiger partial charge on any atom is -0.497 e. The normalized spacial score (nSPS) is 24.6. The lowest BCUT2D eigenvalue weighted by Gasteiger charge is -2.37. The molecular formula is C18H29NO. The van der Waals surface area contributed by atoms with Crippen LogP contribution in [0.15, 0.2) is 24.3 Å². The number of nitrogens with one attached hydrogen (secondary N) is 1. The van der Waals surface area contributed by atoms with Crippen LogP contribution >= 0.6 is 0 Å². The van der Waals surface area contributed by atoms with Crippen LogP contribution in [-0.2, 0) is 0 Å². The van der Waals surface area contributed by atoms with Crippen molar-refractivity contribution in [2.45, 2.75) is 58.5 Å². The zero-order valence-corrected chi connectivity index (χ0v) is 13.4. The Morgan fingerprint density at radius 2 is 1.70 bits per heavy atom. The van der Waals surface area contributed by atoms with Gasteiger partial charge in [0.25, 0.3) is 0 Å². The number of benzene rings is 1. The number of rotatable bonds is 5. The number of hydrogen-bond acceptors (Lipinski definition) is 2. The first-order valence-corrected chi connectivity index (χ1v) is 8.01. The zero-order chi connectivity index (χ0) is 14.5. The van der Waals surface area contributed by atoms with Gasteiger partial charge in [-0.2, -0.15) is 0 Å². The van der Waals surface area contributed by atoms with Gasteiger partial charge in [0.2, 0.25) is 0 Å². The highest BCUT2D eigenvalue weighted by molar-refractivity contribution is 5.28. The molecule has 0 bridgehead atoms. The predicted octanol–water partition coefficient (Wildman–Crippen LogP) is 4.56. The predicted molar refractivity (Wildman–Crippen MR) is 85.1 cm³/mol. The van der Waals surface area contributed by atoms with Crippen molar-refractivity contribution in [3.63, 3.8) is 0 Å². The maximum absolute atomic E-state index is 5.23. The molecule has 2 unspecified atom stereocenters. The highest BCUT2D eigenvalue weighted by atomic mass is 16.5. The van der Waals surface area contributed by atoms with Crippen LogP contribution in [0, 0.1) is 11.8 Å². The summed E-state index contributed by atoms with van der Waals surface area (Å²) < 4.78 is 5.23. The van der Waals surface area contributed by atoms with E-state index in [1.807, 2.05) is 12.1 Å². The van der Waals surface area contributed by atoms with Gasteiger partial charge < -0.3 is 10.1 Å². The number of methoxy groups -OCH3 is 1. The molecule has 0 amide bonds. The molecule has 2 rings (SSSR count). The summed E-state index contributed by atoms with van der Waals surface area (Å²) in [5, 5.41) is 3.86. The molecule has 1 aliphatic carbocycles. The molecule has 0 heterocycles. The van der Waals surface area contributed by atoms with Crippen molar-refractivity contribution in [2.75, 3.05) is 7.11 Å². The summed E-state index contributed by atoms with van der Waals surface area (Å²) in [6.45, 7) is 7.00. The summed E-state index contributed by atoms with van der Waals surface area (Å²) >= 11 is 0. The molecule has 112 valence electrons. The van der Waals surface area contributed by atoms with Gasteiger partial charge in [-0.3, -0.25) is 0 Å². The fraction of sp³-hybridized carbons (Fsp3) is 0.667. The molecule has 1 aromatic rings. The third-order valence-corrected chi connectivity index (χ3v) is 4.76. The summed E-state index contributed by atoms with van der Waals surface area (Å²) in [6.07, 6.45) is 5.47. The minimum atomic E-state index is 0.408. The van der Waals surface area contributed by atoms with E-state index in [-0.39, 0.29) is 0 Å². The zero-order valence-electron chi connectivity index (χ0n) is 13.4. The molecule has 3 atom stereocenters. The molecule has 0 saturated heterocycles. The van der Waals surface area contributed by atoms with Crippen molar-refractivity contribution in [1.29, 1.82) is 0 Å². The van der Waals surface area contributed by atoms with Crippen molar-refractivity contribution in [2.24, 2.45) is 11.8 Å². The van der Waals surface area contributed by atoms with Crippen LogP contribution in [0.1, 0.15) is 58.1 Å². The summed E-state index contributed by atoms with van der Waals surface area (Å²) in [5.41, 5.74) is 1.35. The topological polar surface area (TPSA) is 21.3 Å². The van der Waals surface area contributed by atoms with E-state index in [2.05, 4.69) is 38.2 Å². The Morgan fingerprint density at radius 1 is 1.05 bits per heavy atom. The largest absolute Gasteiger partial charge is 0.497 e. The summed E-state index contributed by atoms with van der Waals surface area (Å²) in [7, 11) is 1.71. The molecule has 2 nitrogen and oxygen atoms in total.